The van der Waals surface area contributed by atoms with Crippen molar-refractivity contribution in [3.05, 3.63) is 0 Å². The molecule has 0 saturated carbocycles. The first kappa shape index (κ1) is 7.93. The maximum atomic E-state index is 11.2. The Bertz CT molecular complexity index is 202. The van der Waals surface area contributed by atoms with Crippen LogP contribution in [0.3, 0.4) is 0 Å². The van der Waals surface area contributed by atoms with Gasteiger partial charge in [-0.3, -0.25) is 9.69 Å². The summed E-state index contributed by atoms with van der Waals surface area (Å²) in [6.07, 6.45) is 1.50. The molecular formula is C8H12N2O. The first-order chi connectivity index (χ1) is 5.34. The summed E-state index contributed by atoms with van der Waals surface area (Å²) in [6, 6.07) is 5.41. The van der Waals surface area contributed by atoms with Crippen LogP contribution in [-0.4, -0.2) is 23.9 Å². The summed E-state index contributed by atoms with van der Waals surface area (Å²) in [5.41, 5.74) is 0. The maximum Gasteiger partial charge on any atom is 0.234 e. The molecule has 0 bridgehead atoms. The van der Waals surface area contributed by atoms with Gasteiger partial charge in [0.1, 0.15) is 0 Å². The lowest BCUT2D eigenvalue weighted by atomic mass is 10.3. The molecule has 1 heterocycles. The van der Waals surface area contributed by atoms with Crippen LogP contribution >= 0.6 is 0 Å². The van der Waals surface area contributed by atoms with Crippen molar-refractivity contribution in [3.8, 4) is 12.1 Å². The van der Waals surface area contributed by atoms with Gasteiger partial charge < -0.3 is 5.32 Å². The third kappa shape index (κ3) is 2.15. The molecule has 1 rings (SSSR count). The molecule has 0 aliphatic carbocycles. The Labute approximate surface area is 66.8 Å². The van der Waals surface area contributed by atoms with Crippen molar-refractivity contribution in [2.24, 2.45) is 0 Å². The molecule has 1 aliphatic heterocycles. The Morgan fingerprint density at radius 2 is 2.55 bits per heavy atom. The van der Waals surface area contributed by atoms with Crippen molar-refractivity contribution in [3.63, 3.8) is 0 Å². The monoisotopic (exact) mass is 152 g/mol. The van der Waals surface area contributed by atoms with E-state index < -0.39 is 0 Å². The third-order valence-corrected chi connectivity index (χ3v) is 1.50. The highest BCUT2D eigenvalue weighted by atomic mass is 16.2. The zero-order chi connectivity index (χ0) is 8.10. The molecule has 1 aliphatic rings. The summed E-state index contributed by atoms with van der Waals surface area (Å²) in [5.74, 6) is 0.140. The minimum absolute atomic E-state index is 0.140. The summed E-state index contributed by atoms with van der Waals surface area (Å²) in [7, 11) is 0. The van der Waals surface area contributed by atoms with Gasteiger partial charge in [0.15, 0.2) is 0 Å². The van der Waals surface area contributed by atoms with Crippen LogP contribution in [0.25, 0.3) is 0 Å². The number of rotatable bonds is 2. The van der Waals surface area contributed by atoms with Gasteiger partial charge >= 0.3 is 0 Å². The average molecular weight is 152 g/mol. The molecule has 3 heteroatoms. The van der Waals surface area contributed by atoms with Crippen molar-refractivity contribution in [2.45, 2.75) is 19.8 Å². The number of hydrogen-bond donors (Lipinski definition) is 1. The fraction of sp³-hybridized carbons (Fsp3) is 0.625. The molecule has 0 atom stereocenters. The van der Waals surface area contributed by atoms with Crippen LogP contribution in [0.5, 0.6) is 0 Å². The van der Waals surface area contributed by atoms with Gasteiger partial charge in [0.25, 0.3) is 0 Å². The molecule has 0 spiro atoms. The van der Waals surface area contributed by atoms with E-state index in [1.165, 1.54) is 0 Å². The van der Waals surface area contributed by atoms with Crippen LogP contribution in [0, 0.1) is 12.1 Å². The molecule has 1 N–H and O–H groups in total. The van der Waals surface area contributed by atoms with E-state index in [0.29, 0.717) is 13.0 Å². The lowest BCUT2D eigenvalue weighted by molar-refractivity contribution is -0.128. The largest absolute Gasteiger partial charge is 0.343 e. The van der Waals surface area contributed by atoms with E-state index in [1.54, 1.807) is 4.90 Å². The molecule has 0 aromatic rings. The van der Waals surface area contributed by atoms with Gasteiger partial charge in [0.05, 0.1) is 6.54 Å². The van der Waals surface area contributed by atoms with E-state index >= 15 is 0 Å². The first-order valence-electron chi connectivity index (χ1n) is 3.88. The highest BCUT2D eigenvalue weighted by Gasteiger charge is 2.10. The highest BCUT2D eigenvalue weighted by Crippen LogP contribution is 1.96. The van der Waals surface area contributed by atoms with Crippen LogP contribution in [0.15, 0.2) is 0 Å². The number of hydrogen-bond acceptors (Lipinski definition) is 2. The molecule has 0 fully saturated rings. The molecule has 1 amide bonds. The Morgan fingerprint density at radius 3 is 3.09 bits per heavy atom. The number of carbonyl (C=O) groups is 1. The van der Waals surface area contributed by atoms with Crippen molar-refractivity contribution in [2.75, 3.05) is 13.1 Å². The van der Waals surface area contributed by atoms with Crippen molar-refractivity contribution in [1.82, 2.24) is 10.2 Å². The molecule has 0 radical (unpaired) electrons. The van der Waals surface area contributed by atoms with Crippen LogP contribution in [-0.2, 0) is 4.79 Å². The Morgan fingerprint density at radius 1 is 1.73 bits per heavy atom. The average Bonchev–Trinajstić information content (AvgIpc) is 2.07. The lowest BCUT2D eigenvalue weighted by Gasteiger charge is -2.17. The molecule has 0 saturated heterocycles. The summed E-state index contributed by atoms with van der Waals surface area (Å²) >= 11 is 0. The number of amides is 1. The van der Waals surface area contributed by atoms with Gasteiger partial charge in [0, 0.05) is 25.1 Å². The van der Waals surface area contributed by atoms with Crippen LogP contribution in [0.1, 0.15) is 19.8 Å². The quantitative estimate of drug-likeness (QED) is 0.571. The summed E-state index contributed by atoms with van der Waals surface area (Å²) in [4.78, 5) is 12.8. The van der Waals surface area contributed by atoms with Crippen molar-refractivity contribution >= 4 is 5.91 Å². The molecule has 0 aromatic heterocycles. The van der Waals surface area contributed by atoms with E-state index in [1.807, 2.05) is 6.92 Å². The second kappa shape index (κ2) is 3.87. The van der Waals surface area contributed by atoms with E-state index in [2.05, 4.69) is 17.4 Å². The molecule has 0 unspecified atom stereocenters. The van der Waals surface area contributed by atoms with Crippen molar-refractivity contribution < 1.29 is 4.79 Å². The predicted octanol–water partition coefficient (Wildman–Crippen LogP) is 0.137. The number of carbonyl (C=O) groups excluding carboxylic acids is 1. The second-order valence-electron chi connectivity index (χ2n) is 2.46. The van der Waals surface area contributed by atoms with E-state index in [4.69, 9.17) is 0 Å². The summed E-state index contributed by atoms with van der Waals surface area (Å²) in [6.45, 7) is 3.49. The molecular weight excluding hydrogens is 140 g/mol. The third-order valence-electron chi connectivity index (χ3n) is 1.50. The predicted molar refractivity (Wildman–Crippen MR) is 42.4 cm³/mol. The van der Waals surface area contributed by atoms with Crippen LogP contribution < -0.4 is 5.32 Å². The minimum Gasteiger partial charge on any atom is -0.343 e. The van der Waals surface area contributed by atoms with Gasteiger partial charge in [0.2, 0.25) is 5.91 Å². The minimum atomic E-state index is 0.140. The SMILES string of the molecule is CCCC(=O)N1C#CNCC1. The maximum absolute atomic E-state index is 11.2. The first-order valence-corrected chi connectivity index (χ1v) is 3.88. The van der Waals surface area contributed by atoms with Gasteiger partial charge in [-0.15, -0.1) is 0 Å². The van der Waals surface area contributed by atoms with E-state index in [9.17, 15) is 4.79 Å². The second-order valence-corrected chi connectivity index (χ2v) is 2.46. The normalized spacial score (nSPS) is 14.8. The molecule has 11 heavy (non-hydrogen) atoms. The molecule has 0 aromatic carbocycles. The Balaban J connectivity index is 2.43. The van der Waals surface area contributed by atoms with Crippen molar-refractivity contribution in [1.29, 1.82) is 0 Å². The molecule has 3 nitrogen and oxygen atoms in total. The van der Waals surface area contributed by atoms with Gasteiger partial charge in [-0.05, 0) is 6.42 Å². The standard InChI is InChI=1S/C8H12N2O/c1-2-3-8(11)10-6-4-9-5-7-10/h9H,2-4,6H2,1H3. The van der Waals surface area contributed by atoms with E-state index in [-0.39, 0.29) is 5.91 Å². The number of nitrogens with one attached hydrogen (secondary N) is 1. The smallest absolute Gasteiger partial charge is 0.234 e. The van der Waals surface area contributed by atoms with Crippen LogP contribution in [0.4, 0.5) is 0 Å². The zero-order valence-electron chi connectivity index (χ0n) is 6.68. The zero-order valence-corrected chi connectivity index (χ0v) is 6.68. The van der Waals surface area contributed by atoms with Gasteiger partial charge in [-0.2, -0.15) is 0 Å². The van der Waals surface area contributed by atoms with E-state index in [0.717, 1.165) is 13.0 Å². The topological polar surface area (TPSA) is 32.3 Å². The van der Waals surface area contributed by atoms with Gasteiger partial charge in [-0.1, -0.05) is 6.92 Å². The van der Waals surface area contributed by atoms with Gasteiger partial charge in [-0.25, -0.2) is 0 Å². The summed E-state index contributed by atoms with van der Waals surface area (Å²) in [5, 5.41) is 2.86. The Hall–Kier alpha value is -1.17. The lowest BCUT2D eigenvalue weighted by Crippen LogP contribution is -2.35. The fourth-order valence-corrected chi connectivity index (χ4v) is 0.929. The van der Waals surface area contributed by atoms with Crippen LogP contribution in [0.2, 0.25) is 0 Å². The highest BCUT2D eigenvalue weighted by molar-refractivity contribution is 5.78. The summed E-state index contributed by atoms with van der Waals surface area (Å²) < 4.78 is 0. The fourth-order valence-electron chi connectivity index (χ4n) is 0.929. The number of nitrogens with zero attached hydrogens (tertiary/aromatic N) is 1. The molecule has 60 valence electrons. The Kier molecular flexibility index (Phi) is 2.79.